The first kappa shape index (κ1) is 16.2. The van der Waals surface area contributed by atoms with Crippen molar-refractivity contribution in [1.82, 2.24) is 4.90 Å². The van der Waals surface area contributed by atoms with Crippen LogP contribution in [0.4, 0.5) is 14.6 Å². The number of anilines is 1. The van der Waals surface area contributed by atoms with Gasteiger partial charge in [0, 0.05) is 11.6 Å². The molecule has 0 atom stereocenters. The summed E-state index contributed by atoms with van der Waals surface area (Å²) in [5.41, 5.74) is 0.355. The summed E-state index contributed by atoms with van der Waals surface area (Å²) < 4.78 is 28.9. The molecule has 5 nitrogen and oxygen atoms in total. The Balaban J connectivity index is 1.63. The summed E-state index contributed by atoms with van der Waals surface area (Å²) in [5.74, 6) is 0.830. The summed E-state index contributed by atoms with van der Waals surface area (Å²) in [5, 5.41) is 0. The third-order valence-corrected chi connectivity index (χ3v) is 3.91. The number of pyridine rings is 1. The van der Waals surface area contributed by atoms with E-state index in [1.54, 1.807) is 17.0 Å². The zero-order valence-corrected chi connectivity index (χ0v) is 13.0. The molecule has 1 amide bonds. The Labute approximate surface area is 138 Å². The van der Waals surface area contributed by atoms with Gasteiger partial charge in [-0.15, -0.1) is 0 Å². The number of amides is 1. The maximum atomic E-state index is 12.5. The first-order chi connectivity index (χ1) is 11.6. The SMILES string of the molecule is O=C(c1cccc(OC(F)F)c1)N1CCN(c2cccc[nH+]2)CC1. The lowest BCUT2D eigenvalue weighted by atomic mass is 10.1. The van der Waals surface area contributed by atoms with E-state index in [1.165, 1.54) is 12.1 Å². The normalized spacial score (nSPS) is 14.8. The van der Waals surface area contributed by atoms with Crippen LogP contribution in [0, 0.1) is 0 Å². The number of halogens is 2. The molecule has 3 rings (SSSR count). The smallest absolute Gasteiger partial charge is 0.387 e. The van der Waals surface area contributed by atoms with E-state index in [-0.39, 0.29) is 11.7 Å². The summed E-state index contributed by atoms with van der Waals surface area (Å²) in [6.07, 6.45) is 1.86. The molecular formula is C17H18F2N3O2+. The van der Waals surface area contributed by atoms with Gasteiger partial charge in [0.25, 0.3) is 11.7 Å². The molecule has 0 radical (unpaired) electrons. The first-order valence-corrected chi connectivity index (χ1v) is 7.69. The summed E-state index contributed by atoms with van der Waals surface area (Å²) in [4.78, 5) is 19.6. The van der Waals surface area contributed by atoms with Crippen molar-refractivity contribution in [1.29, 1.82) is 0 Å². The van der Waals surface area contributed by atoms with Crippen molar-refractivity contribution in [2.75, 3.05) is 31.1 Å². The van der Waals surface area contributed by atoms with Crippen LogP contribution in [0.1, 0.15) is 10.4 Å². The van der Waals surface area contributed by atoms with E-state index < -0.39 is 6.61 Å². The van der Waals surface area contributed by atoms with Crippen LogP contribution >= 0.6 is 0 Å². The van der Waals surface area contributed by atoms with Gasteiger partial charge in [-0.3, -0.25) is 9.69 Å². The number of H-pyrrole nitrogens is 1. The number of ether oxygens (including phenoxy) is 1. The summed E-state index contributed by atoms with van der Waals surface area (Å²) in [6.45, 7) is -0.344. The zero-order chi connectivity index (χ0) is 16.9. The van der Waals surface area contributed by atoms with Crippen LogP contribution in [0.25, 0.3) is 0 Å². The fraction of sp³-hybridized carbons (Fsp3) is 0.294. The predicted molar refractivity (Wildman–Crippen MR) is 84.2 cm³/mol. The van der Waals surface area contributed by atoms with Gasteiger partial charge in [0.15, 0.2) is 0 Å². The Morgan fingerprint density at radius 2 is 1.88 bits per heavy atom. The Bertz CT molecular complexity index is 689. The average molecular weight is 334 g/mol. The lowest BCUT2D eigenvalue weighted by Gasteiger charge is -2.31. The molecule has 0 aliphatic carbocycles. The molecule has 7 heteroatoms. The summed E-state index contributed by atoms with van der Waals surface area (Å²) in [7, 11) is 0. The standard InChI is InChI=1S/C17H17F2N3O2/c18-17(19)24-14-5-3-4-13(12-14)16(23)22-10-8-21(9-11-22)15-6-1-2-7-20-15/h1-7,12,17H,8-11H2/p+1. The monoisotopic (exact) mass is 334 g/mol. The molecule has 0 unspecified atom stereocenters. The molecular weight excluding hydrogens is 316 g/mol. The number of hydrogen-bond donors (Lipinski definition) is 0. The zero-order valence-electron chi connectivity index (χ0n) is 13.0. The van der Waals surface area contributed by atoms with Crippen LogP contribution < -0.4 is 14.6 Å². The van der Waals surface area contributed by atoms with Crippen molar-refractivity contribution in [2.24, 2.45) is 0 Å². The van der Waals surface area contributed by atoms with E-state index in [0.29, 0.717) is 31.7 Å². The van der Waals surface area contributed by atoms with E-state index >= 15 is 0 Å². The molecule has 126 valence electrons. The van der Waals surface area contributed by atoms with Crippen molar-refractivity contribution < 1.29 is 23.3 Å². The minimum absolute atomic E-state index is 0.00614. The highest BCUT2D eigenvalue weighted by molar-refractivity contribution is 5.94. The second-order valence-corrected chi connectivity index (χ2v) is 5.43. The lowest BCUT2D eigenvalue weighted by Crippen LogP contribution is -2.50. The molecule has 1 saturated heterocycles. The second kappa shape index (κ2) is 7.25. The van der Waals surface area contributed by atoms with Crippen molar-refractivity contribution in [3.63, 3.8) is 0 Å². The molecule has 1 aromatic heterocycles. The number of carbonyl (C=O) groups is 1. The van der Waals surface area contributed by atoms with Gasteiger partial charge in [0.05, 0.1) is 19.3 Å². The fourth-order valence-electron chi connectivity index (χ4n) is 2.72. The number of piperazine rings is 1. The molecule has 0 spiro atoms. The summed E-state index contributed by atoms with van der Waals surface area (Å²) in [6, 6.07) is 11.8. The van der Waals surface area contributed by atoms with Gasteiger partial charge in [0.2, 0.25) is 0 Å². The van der Waals surface area contributed by atoms with Crippen LogP contribution in [0.15, 0.2) is 48.7 Å². The molecule has 1 N–H and O–H groups in total. The number of rotatable bonds is 4. The van der Waals surface area contributed by atoms with Gasteiger partial charge >= 0.3 is 6.61 Å². The van der Waals surface area contributed by atoms with Crippen molar-refractivity contribution in [3.05, 3.63) is 54.2 Å². The molecule has 1 aromatic carbocycles. The van der Waals surface area contributed by atoms with E-state index in [1.807, 2.05) is 24.4 Å². The van der Waals surface area contributed by atoms with Crippen LogP contribution in [-0.2, 0) is 0 Å². The topological polar surface area (TPSA) is 46.9 Å². The van der Waals surface area contributed by atoms with Crippen LogP contribution in [0.3, 0.4) is 0 Å². The predicted octanol–water partition coefficient (Wildman–Crippen LogP) is 2.06. The quantitative estimate of drug-likeness (QED) is 0.860. The highest BCUT2D eigenvalue weighted by atomic mass is 19.3. The maximum absolute atomic E-state index is 12.5. The van der Waals surface area contributed by atoms with Crippen molar-refractivity contribution >= 4 is 11.7 Å². The molecule has 24 heavy (non-hydrogen) atoms. The number of alkyl halides is 2. The van der Waals surface area contributed by atoms with E-state index in [9.17, 15) is 13.6 Å². The minimum atomic E-state index is -2.90. The molecule has 1 fully saturated rings. The maximum Gasteiger partial charge on any atom is 0.387 e. The third kappa shape index (κ3) is 3.79. The number of aromatic nitrogens is 1. The van der Waals surface area contributed by atoms with Crippen LogP contribution in [0.5, 0.6) is 5.75 Å². The number of hydrogen-bond acceptors (Lipinski definition) is 3. The lowest BCUT2D eigenvalue weighted by molar-refractivity contribution is -0.364. The second-order valence-electron chi connectivity index (χ2n) is 5.43. The summed E-state index contributed by atoms with van der Waals surface area (Å²) >= 11 is 0. The largest absolute Gasteiger partial charge is 0.435 e. The fourth-order valence-corrected chi connectivity index (χ4v) is 2.72. The van der Waals surface area contributed by atoms with Gasteiger partial charge in [-0.05, 0) is 24.3 Å². The van der Waals surface area contributed by atoms with E-state index in [0.717, 1.165) is 5.82 Å². The Morgan fingerprint density at radius 3 is 2.54 bits per heavy atom. The number of nitrogens with one attached hydrogen (secondary N) is 1. The van der Waals surface area contributed by atoms with Gasteiger partial charge < -0.3 is 9.64 Å². The number of nitrogens with zero attached hydrogens (tertiary/aromatic N) is 2. The van der Waals surface area contributed by atoms with Crippen molar-refractivity contribution in [2.45, 2.75) is 6.61 Å². The number of carbonyl (C=O) groups excluding carboxylic acids is 1. The van der Waals surface area contributed by atoms with Crippen LogP contribution in [0.2, 0.25) is 0 Å². The highest BCUT2D eigenvalue weighted by Gasteiger charge is 2.26. The van der Waals surface area contributed by atoms with E-state index in [4.69, 9.17) is 0 Å². The number of benzene rings is 1. The number of aromatic amines is 1. The molecule has 0 saturated carbocycles. The average Bonchev–Trinajstić information content (AvgIpc) is 2.62. The van der Waals surface area contributed by atoms with Crippen LogP contribution in [-0.4, -0.2) is 43.6 Å². The first-order valence-electron chi connectivity index (χ1n) is 7.69. The molecule has 2 heterocycles. The van der Waals surface area contributed by atoms with Gasteiger partial charge in [-0.2, -0.15) is 8.78 Å². The Kier molecular flexibility index (Phi) is 4.88. The Hall–Kier alpha value is -2.70. The molecule has 1 aliphatic heterocycles. The van der Waals surface area contributed by atoms with E-state index in [2.05, 4.69) is 14.6 Å². The van der Waals surface area contributed by atoms with Gasteiger partial charge in [0.1, 0.15) is 18.8 Å². The molecule has 0 bridgehead atoms. The molecule has 1 aliphatic rings. The van der Waals surface area contributed by atoms with Crippen molar-refractivity contribution in [3.8, 4) is 5.75 Å². The third-order valence-electron chi connectivity index (χ3n) is 3.91. The van der Waals surface area contributed by atoms with Gasteiger partial charge in [-0.25, -0.2) is 4.98 Å². The van der Waals surface area contributed by atoms with Gasteiger partial charge in [-0.1, -0.05) is 12.1 Å². The Morgan fingerprint density at radius 1 is 1.08 bits per heavy atom. The minimum Gasteiger partial charge on any atom is -0.435 e. The highest BCUT2D eigenvalue weighted by Crippen LogP contribution is 2.18. The molecule has 2 aromatic rings.